The minimum atomic E-state index is 0. The van der Waals surface area contributed by atoms with Gasteiger partial charge >= 0.3 is 0 Å². The van der Waals surface area contributed by atoms with Crippen molar-refractivity contribution in [2.24, 2.45) is 10.7 Å². The van der Waals surface area contributed by atoms with Crippen molar-refractivity contribution in [3.63, 3.8) is 0 Å². The number of benzene rings is 2. The highest BCUT2D eigenvalue weighted by atomic mass is 127. The number of carbonyl (C=O) groups is 1. The van der Waals surface area contributed by atoms with Crippen LogP contribution in [0.4, 0.5) is 5.69 Å². The normalized spacial score (nSPS) is 13.8. The van der Waals surface area contributed by atoms with Crippen LogP contribution in [0.5, 0.6) is 0 Å². The molecule has 2 aromatic carbocycles. The average Bonchev–Trinajstić information content (AvgIpc) is 2.56. The van der Waals surface area contributed by atoms with Crippen molar-refractivity contribution in [2.75, 3.05) is 25.0 Å². The molecule has 0 radical (unpaired) electrons. The van der Waals surface area contributed by atoms with Crippen molar-refractivity contribution >= 4 is 41.5 Å². The van der Waals surface area contributed by atoms with E-state index in [-0.39, 0.29) is 29.9 Å². The number of hydrogen-bond donors (Lipinski definition) is 2. The molecule has 0 spiro atoms. The van der Waals surface area contributed by atoms with Crippen LogP contribution in [0.1, 0.15) is 27.0 Å². The van der Waals surface area contributed by atoms with Crippen LogP contribution < -0.4 is 11.1 Å². The van der Waals surface area contributed by atoms with Crippen LogP contribution >= 0.6 is 24.0 Å². The van der Waals surface area contributed by atoms with E-state index in [1.165, 1.54) is 11.1 Å². The molecule has 3 N–H and O–H groups in total. The Morgan fingerprint density at radius 3 is 2.62 bits per heavy atom. The van der Waals surface area contributed by atoms with Gasteiger partial charge in [0.2, 0.25) is 0 Å². The summed E-state index contributed by atoms with van der Waals surface area (Å²) in [4.78, 5) is 18.7. The van der Waals surface area contributed by atoms with Crippen LogP contribution in [-0.2, 0) is 6.42 Å². The topological polar surface area (TPSA) is 70.7 Å². The second-order valence-electron chi connectivity index (χ2n) is 6.47. The lowest BCUT2D eigenvalue weighted by molar-refractivity contribution is 0.0745. The van der Waals surface area contributed by atoms with Gasteiger partial charge in [-0.15, -0.1) is 24.0 Å². The number of guanidine groups is 1. The van der Waals surface area contributed by atoms with Crippen molar-refractivity contribution in [1.29, 1.82) is 0 Å². The van der Waals surface area contributed by atoms with Gasteiger partial charge in [-0.1, -0.05) is 24.3 Å². The standard InChI is InChI=1S/C20H24N4O.HI/c1-14-11-15(2)13-17(12-14)23-20(21)22-8-10-24-9-7-16-5-3-4-6-18(16)19(24)25;/h3-6,11-13H,7-10H2,1-2H3,(H3,21,22,23);1H. The fraction of sp³-hybridized carbons (Fsp3) is 0.300. The van der Waals surface area contributed by atoms with Crippen LogP contribution in [0.25, 0.3) is 0 Å². The molecule has 0 aromatic heterocycles. The zero-order valence-electron chi connectivity index (χ0n) is 15.2. The summed E-state index contributed by atoms with van der Waals surface area (Å²) in [7, 11) is 0. The number of nitrogens with two attached hydrogens (primary N) is 1. The highest BCUT2D eigenvalue weighted by molar-refractivity contribution is 14.0. The van der Waals surface area contributed by atoms with E-state index >= 15 is 0 Å². The number of aryl methyl sites for hydroxylation is 2. The Balaban J connectivity index is 0.00000243. The maximum atomic E-state index is 12.5. The monoisotopic (exact) mass is 464 g/mol. The Kier molecular flexibility index (Phi) is 7.02. The van der Waals surface area contributed by atoms with Gasteiger partial charge in [0.05, 0.1) is 6.54 Å². The number of hydrogen-bond acceptors (Lipinski definition) is 2. The van der Waals surface area contributed by atoms with Crippen molar-refractivity contribution in [1.82, 2.24) is 4.90 Å². The SMILES string of the molecule is Cc1cc(C)cc(NC(N)=NCCN2CCc3ccccc3C2=O)c1.I. The van der Waals surface area contributed by atoms with Crippen molar-refractivity contribution in [3.05, 3.63) is 64.7 Å². The first-order chi connectivity index (χ1) is 12.0. The van der Waals surface area contributed by atoms with Crippen LogP contribution in [0.15, 0.2) is 47.5 Å². The molecule has 1 heterocycles. The molecule has 0 fully saturated rings. The molecule has 1 amide bonds. The largest absolute Gasteiger partial charge is 0.370 e. The maximum absolute atomic E-state index is 12.5. The van der Waals surface area contributed by atoms with Crippen LogP contribution in [0.3, 0.4) is 0 Å². The van der Waals surface area contributed by atoms with Gasteiger partial charge in [0, 0.05) is 24.3 Å². The number of fused-ring (bicyclic) bond motifs is 1. The highest BCUT2D eigenvalue weighted by Gasteiger charge is 2.23. The third-order valence-corrected chi connectivity index (χ3v) is 4.33. The van der Waals surface area contributed by atoms with Gasteiger partial charge in [0.25, 0.3) is 5.91 Å². The number of rotatable bonds is 4. The summed E-state index contributed by atoms with van der Waals surface area (Å²) >= 11 is 0. The summed E-state index contributed by atoms with van der Waals surface area (Å²) in [5, 5.41) is 3.11. The summed E-state index contributed by atoms with van der Waals surface area (Å²) in [6.45, 7) is 5.88. The van der Waals surface area contributed by atoms with Crippen molar-refractivity contribution in [2.45, 2.75) is 20.3 Å². The smallest absolute Gasteiger partial charge is 0.254 e. The first-order valence-electron chi connectivity index (χ1n) is 8.55. The van der Waals surface area contributed by atoms with Gasteiger partial charge in [-0.2, -0.15) is 0 Å². The number of carbonyl (C=O) groups excluding carboxylic acids is 1. The molecular formula is C20H25IN4O. The van der Waals surface area contributed by atoms with Crippen molar-refractivity contribution < 1.29 is 4.79 Å². The average molecular weight is 464 g/mol. The van der Waals surface area contributed by atoms with E-state index in [0.29, 0.717) is 19.0 Å². The Morgan fingerprint density at radius 2 is 1.88 bits per heavy atom. The summed E-state index contributed by atoms with van der Waals surface area (Å²) in [6, 6.07) is 14.0. The van der Waals surface area contributed by atoms with Crippen molar-refractivity contribution in [3.8, 4) is 0 Å². The molecule has 0 aliphatic carbocycles. The summed E-state index contributed by atoms with van der Waals surface area (Å²) in [5.74, 6) is 0.452. The number of aliphatic imine (C=N–C) groups is 1. The number of nitrogens with zero attached hydrogens (tertiary/aromatic N) is 2. The van der Waals surface area contributed by atoms with Gasteiger partial charge in [-0.3, -0.25) is 9.79 Å². The molecule has 0 bridgehead atoms. The van der Waals surface area contributed by atoms with Crippen LogP contribution in [0.2, 0.25) is 0 Å². The highest BCUT2D eigenvalue weighted by Crippen LogP contribution is 2.18. The van der Waals surface area contributed by atoms with Gasteiger partial charge < -0.3 is 16.0 Å². The second-order valence-corrected chi connectivity index (χ2v) is 6.47. The van der Waals surface area contributed by atoms with E-state index in [1.54, 1.807) is 0 Å². The molecule has 26 heavy (non-hydrogen) atoms. The van der Waals surface area contributed by atoms with Gasteiger partial charge in [0.1, 0.15) is 0 Å². The van der Waals surface area contributed by atoms with E-state index in [1.807, 2.05) is 55.1 Å². The van der Waals surface area contributed by atoms with Gasteiger partial charge in [-0.05, 0) is 55.2 Å². The Labute approximate surface area is 171 Å². The van der Waals surface area contributed by atoms with Gasteiger partial charge in [0.15, 0.2) is 5.96 Å². The molecule has 138 valence electrons. The third kappa shape index (κ3) is 4.97. The molecule has 5 nitrogen and oxygen atoms in total. The maximum Gasteiger partial charge on any atom is 0.254 e. The molecule has 0 saturated heterocycles. The summed E-state index contributed by atoms with van der Waals surface area (Å²) in [5.41, 5.74) is 11.2. The number of anilines is 1. The molecule has 6 heteroatoms. The molecule has 0 saturated carbocycles. The van der Waals surface area contributed by atoms with Crippen LogP contribution in [0, 0.1) is 13.8 Å². The molecule has 1 aliphatic rings. The first kappa shape index (κ1) is 20.2. The van der Waals surface area contributed by atoms with E-state index < -0.39 is 0 Å². The van der Waals surface area contributed by atoms with E-state index in [2.05, 4.69) is 16.4 Å². The molecule has 3 rings (SSSR count). The quantitative estimate of drug-likeness (QED) is 0.414. The lowest BCUT2D eigenvalue weighted by Crippen LogP contribution is -2.39. The third-order valence-electron chi connectivity index (χ3n) is 4.33. The zero-order chi connectivity index (χ0) is 17.8. The van der Waals surface area contributed by atoms with Crippen LogP contribution in [-0.4, -0.2) is 36.4 Å². The minimum Gasteiger partial charge on any atom is -0.370 e. The first-order valence-corrected chi connectivity index (χ1v) is 8.55. The fourth-order valence-corrected chi connectivity index (χ4v) is 3.21. The fourth-order valence-electron chi connectivity index (χ4n) is 3.21. The number of nitrogens with one attached hydrogen (secondary N) is 1. The summed E-state index contributed by atoms with van der Waals surface area (Å²) < 4.78 is 0. The van der Waals surface area contributed by atoms with Gasteiger partial charge in [-0.25, -0.2) is 0 Å². The zero-order valence-corrected chi connectivity index (χ0v) is 17.5. The molecule has 0 atom stereocenters. The summed E-state index contributed by atoms with van der Waals surface area (Å²) in [6.07, 6.45) is 0.891. The van der Waals surface area contributed by atoms with E-state index in [0.717, 1.165) is 29.8 Å². The number of halogens is 1. The molecular weight excluding hydrogens is 439 g/mol. The Morgan fingerprint density at radius 1 is 1.19 bits per heavy atom. The number of amides is 1. The molecule has 2 aromatic rings. The second kappa shape index (κ2) is 9.02. The minimum absolute atomic E-state index is 0. The molecule has 1 aliphatic heterocycles. The predicted molar refractivity (Wildman–Crippen MR) is 117 cm³/mol. The molecule has 0 unspecified atom stereocenters. The lowest BCUT2D eigenvalue weighted by atomic mass is 9.99. The van der Waals surface area contributed by atoms with E-state index in [4.69, 9.17) is 5.73 Å². The Bertz CT molecular complexity index is 799. The lowest BCUT2D eigenvalue weighted by Gasteiger charge is -2.28. The Hall–Kier alpha value is -2.09. The predicted octanol–water partition coefficient (Wildman–Crippen LogP) is 3.35. The van der Waals surface area contributed by atoms with E-state index in [9.17, 15) is 4.79 Å².